The van der Waals surface area contributed by atoms with Crippen molar-refractivity contribution in [3.8, 4) is 11.5 Å². The minimum atomic E-state index is 0. The zero-order valence-corrected chi connectivity index (χ0v) is 19.2. The van der Waals surface area contributed by atoms with Gasteiger partial charge in [-0.1, -0.05) is 36.4 Å². The maximum atomic E-state index is 5.90. The van der Waals surface area contributed by atoms with Crippen molar-refractivity contribution in [1.82, 2.24) is 10.6 Å². The molecule has 7 heteroatoms. The summed E-state index contributed by atoms with van der Waals surface area (Å²) < 4.78 is 11.4. The highest BCUT2D eigenvalue weighted by atomic mass is 127. The summed E-state index contributed by atoms with van der Waals surface area (Å²) in [5.74, 6) is 3.30. The summed E-state index contributed by atoms with van der Waals surface area (Å²) in [4.78, 5) is 4.23. The molecule has 0 bridgehead atoms. The Kier molecular flexibility index (Phi) is 11.8. The Morgan fingerprint density at radius 3 is 2.48 bits per heavy atom. The third kappa shape index (κ3) is 8.30. The number of nitrogens with one attached hydrogen (secondary N) is 2. The molecular formula is C20H28IN3O2S. The second-order valence-electron chi connectivity index (χ2n) is 5.60. The first kappa shape index (κ1) is 23.4. The van der Waals surface area contributed by atoms with Crippen LogP contribution in [0.15, 0.2) is 53.5 Å². The van der Waals surface area contributed by atoms with E-state index in [1.165, 1.54) is 0 Å². The van der Waals surface area contributed by atoms with E-state index >= 15 is 0 Å². The second-order valence-corrected chi connectivity index (χ2v) is 6.59. The lowest BCUT2D eigenvalue weighted by atomic mass is 10.2. The summed E-state index contributed by atoms with van der Waals surface area (Å²) in [6.07, 6.45) is 2.09. The minimum Gasteiger partial charge on any atom is -0.493 e. The number of methoxy groups -OCH3 is 1. The highest BCUT2D eigenvalue weighted by Gasteiger charge is 2.07. The van der Waals surface area contributed by atoms with Crippen LogP contribution in [0.1, 0.15) is 11.1 Å². The summed E-state index contributed by atoms with van der Waals surface area (Å²) in [5.41, 5.74) is 2.22. The monoisotopic (exact) mass is 501 g/mol. The van der Waals surface area contributed by atoms with E-state index in [1.54, 1.807) is 25.9 Å². The SMILES string of the molecule is CN=C(NCCSC)NCc1ccc(OCc2ccccc2)c(OC)c1.I. The van der Waals surface area contributed by atoms with E-state index in [0.717, 1.165) is 40.9 Å². The van der Waals surface area contributed by atoms with Gasteiger partial charge in [-0.3, -0.25) is 4.99 Å². The van der Waals surface area contributed by atoms with Crippen LogP contribution in [0.5, 0.6) is 11.5 Å². The number of aliphatic imine (C=N–C) groups is 1. The summed E-state index contributed by atoms with van der Waals surface area (Å²) in [6, 6.07) is 16.1. The molecule has 0 amide bonds. The molecule has 0 fully saturated rings. The van der Waals surface area contributed by atoms with Gasteiger partial charge in [0.2, 0.25) is 0 Å². The molecule has 2 rings (SSSR count). The Bertz CT molecular complexity index is 699. The minimum absolute atomic E-state index is 0. The van der Waals surface area contributed by atoms with E-state index in [2.05, 4.69) is 21.9 Å². The molecule has 2 aromatic rings. The fourth-order valence-electron chi connectivity index (χ4n) is 2.35. The third-order valence-corrected chi connectivity index (χ3v) is 4.36. The molecule has 0 aliphatic rings. The van der Waals surface area contributed by atoms with E-state index in [-0.39, 0.29) is 24.0 Å². The molecule has 0 aliphatic heterocycles. The Morgan fingerprint density at radius 1 is 1.04 bits per heavy atom. The van der Waals surface area contributed by atoms with Crippen molar-refractivity contribution in [3.05, 3.63) is 59.7 Å². The zero-order chi connectivity index (χ0) is 18.6. The molecule has 0 atom stereocenters. The van der Waals surface area contributed by atoms with Crippen LogP contribution >= 0.6 is 35.7 Å². The van der Waals surface area contributed by atoms with E-state index in [9.17, 15) is 0 Å². The van der Waals surface area contributed by atoms with Crippen molar-refractivity contribution in [2.24, 2.45) is 4.99 Å². The van der Waals surface area contributed by atoms with Crippen LogP contribution in [0, 0.1) is 0 Å². The molecule has 0 spiro atoms. The molecule has 0 saturated heterocycles. The van der Waals surface area contributed by atoms with Gasteiger partial charge in [-0.05, 0) is 29.5 Å². The van der Waals surface area contributed by atoms with Gasteiger partial charge in [0.05, 0.1) is 7.11 Å². The summed E-state index contributed by atoms with van der Waals surface area (Å²) in [6.45, 7) is 2.06. The number of rotatable bonds is 9. The first-order chi connectivity index (χ1) is 12.8. The lowest BCUT2D eigenvalue weighted by molar-refractivity contribution is 0.284. The molecular weight excluding hydrogens is 473 g/mol. The van der Waals surface area contributed by atoms with Gasteiger partial charge in [0.25, 0.3) is 0 Å². The molecule has 27 heavy (non-hydrogen) atoms. The van der Waals surface area contributed by atoms with Gasteiger partial charge in [0.15, 0.2) is 17.5 Å². The van der Waals surface area contributed by atoms with E-state index in [1.807, 2.05) is 48.5 Å². The average Bonchev–Trinajstić information content (AvgIpc) is 2.70. The first-order valence-electron chi connectivity index (χ1n) is 8.54. The Hall–Kier alpha value is -1.61. The van der Waals surface area contributed by atoms with E-state index < -0.39 is 0 Å². The number of hydrogen-bond donors (Lipinski definition) is 2. The second kappa shape index (κ2) is 13.5. The number of guanidine groups is 1. The number of nitrogens with zero attached hydrogens (tertiary/aromatic N) is 1. The Labute approximate surface area is 183 Å². The normalized spacial score (nSPS) is 10.7. The number of hydrogen-bond acceptors (Lipinski definition) is 4. The molecule has 0 saturated carbocycles. The first-order valence-corrected chi connectivity index (χ1v) is 9.93. The van der Waals surface area contributed by atoms with Crippen molar-refractivity contribution in [1.29, 1.82) is 0 Å². The van der Waals surface area contributed by atoms with Gasteiger partial charge in [0.1, 0.15) is 6.61 Å². The molecule has 0 radical (unpaired) electrons. The number of halogens is 1. The number of ether oxygens (including phenoxy) is 2. The van der Waals surface area contributed by atoms with Crippen LogP contribution in [0.2, 0.25) is 0 Å². The summed E-state index contributed by atoms with van der Waals surface area (Å²) in [5, 5.41) is 6.59. The van der Waals surface area contributed by atoms with Crippen LogP contribution in [0.3, 0.4) is 0 Å². The fraction of sp³-hybridized carbons (Fsp3) is 0.350. The quantitative estimate of drug-likeness (QED) is 0.236. The summed E-state index contributed by atoms with van der Waals surface area (Å²) >= 11 is 1.80. The van der Waals surface area contributed by atoms with Crippen molar-refractivity contribution in [3.63, 3.8) is 0 Å². The maximum absolute atomic E-state index is 5.90. The third-order valence-electron chi connectivity index (χ3n) is 3.75. The van der Waals surface area contributed by atoms with Crippen molar-refractivity contribution in [2.75, 3.05) is 32.7 Å². The highest BCUT2D eigenvalue weighted by molar-refractivity contribution is 14.0. The van der Waals surface area contributed by atoms with Gasteiger partial charge in [-0.25, -0.2) is 0 Å². The standard InChI is InChI=1S/C20H27N3O2S.HI/c1-21-20(22-11-12-26-3)23-14-17-9-10-18(19(13-17)24-2)25-15-16-7-5-4-6-8-16;/h4-10,13H,11-12,14-15H2,1-3H3,(H2,21,22,23);1H. The van der Waals surface area contributed by atoms with Gasteiger partial charge in [0, 0.05) is 25.9 Å². The smallest absolute Gasteiger partial charge is 0.191 e. The predicted molar refractivity (Wildman–Crippen MR) is 126 cm³/mol. The van der Waals surface area contributed by atoms with Crippen LogP contribution in [0.25, 0.3) is 0 Å². The maximum Gasteiger partial charge on any atom is 0.191 e. The van der Waals surface area contributed by atoms with Gasteiger partial charge in [-0.15, -0.1) is 24.0 Å². The molecule has 2 aromatic carbocycles. The van der Waals surface area contributed by atoms with E-state index in [0.29, 0.717) is 13.2 Å². The van der Waals surface area contributed by atoms with Crippen molar-refractivity contribution >= 4 is 41.7 Å². The lowest BCUT2D eigenvalue weighted by Crippen LogP contribution is -2.37. The molecule has 0 aromatic heterocycles. The molecule has 5 nitrogen and oxygen atoms in total. The van der Waals surface area contributed by atoms with Crippen LogP contribution in [-0.2, 0) is 13.2 Å². The predicted octanol–water partition coefficient (Wildman–Crippen LogP) is 3.92. The largest absolute Gasteiger partial charge is 0.493 e. The Balaban J connectivity index is 0.00000364. The van der Waals surface area contributed by atoms with Crippen molar-refractivity contribution in [2.45, 2.75) is 13.2 Å². The summed E-state index contributed by atoms with van der Waals surface area (Å²) in [7, 11) is 3.43. The van der Waals surface area contributed by atoms with Crippen LogP contribution in [-0.4, -0.2) is 38.7 Å². The molecule has 0 heterocycles. The van der Waals surface area contributed by atoms with Crippen molar-refractivity contribution < 1.29 is 9.47 Å². The van der Waals surface area contributed by atoms with Crippen LogP contribution in [0.4, 0.5) is 0 Å². The fourth-order valence-corrected chi connectivity index (χ4v) is 2.66. The van der Waals surface area contributed by atoms with Gasteiger partial charge < -0.3 is 20.1 Å². The number of benzene rings is 2. The van der Waals surface area contributed by atoms with Gasteiger partial charge in [-0.2, -0.15) is 11.8 Å². The number of thioether (sulfide) groups is 1. The van der Waals surface area contributed by atoms with Gasteiger partial charge >= 0.3 is 0 Å². The van der Waals surface area contributed by atoms with E-state index in [4.69, 9.17) is 9.47 Å². The van der Waals surface area contributed by atoms with Crippen LogP contribution < -0.4 is 20.1 Å². The lowest BCUT2D eigenvalue weighted by Gasteiger charge is -2.14. The highest BCUT2D eigenvalue weighted by Crippen LogP contribution is 2.28. The molecule has 2 N–H and O–H groups in total. The Morgan fingerprint density at radius 2 is 1.81 bits per heavy atom. The zero-order valence-electron chi connectivity index (χ0n) is 16.0. The molecule has 148 valence electrons. The average molecular weight is 501 g/mol. The molecule has 0 unspecified atom stereocenters. The molecule has 0 aliphatic carbocycles. The topological polar surface area (TPSA) is 54.9 Å².